The second kappa shape index (κ2) is 8.24. The summed E-state index contributed by atoms with van der Waals surface area (Å²) in [5.41, 5.74) is 5.52. The Hall–Kier alpha value is -2.84. The number of hydrogen-bond acceptors (Lipinski definition) is 3. The number of hydrogen-bond donors (Lipinski definition) is 0. The fourth-order valence-electron chi connectivity index (χ4n) is 3.45. The number of carbonyl (C=O) groups excluding carboxylic acids is 1. The van der Waals surface area contributed by atoms with Crippen LogP contribution in [0.1, 0.15) is 29.4 Å². The lowest BCUT2D eigenvalue weighted by Gasteiger charge is -2.26. The fraction of sp³-hybridized carbons (Fsp3) is 0.364. The van der Waals surface area contributed by atoms with Gasteiger partial charge in [-0.05, 0) is 55.7 Å². The highest BCUT2D eigenvalue weighted by molar-refractivity contribution is 6.01. The van der Waals surface area contributed by atoms with Crippen molar-refractivity contribution >= 4 is 12.0 Å². The van der Waals surface area contributed by atoms with Crippen LogP contribution < -0.4 is 0 Å². The third kappa shape index (κ3) is 3.96. The molecule has 2 aromatic rings. The van der Waals surface area contributed by atoms with Gasteiger partial charge in [-0.15, -0.1) is 0 Å². The molecule has 5 heteroatoms. The molecule has 0 saturated carbocycles. The van der Waals surface area contributed by atoms with Gasteiger partial charge in [0.15, 0.2) is 0 Å². The Morgan fingerprint density at radius 2 is 1.89 bits per heavy atom. The SMILES string of the molecule is CCc1ccc(-n2c(C)cc(/C=C(/C#N)C(=O)N3CCOCC3)c2C)cc1. The van der Waals surface area contributed by atoms with Crippen molar-refractivity contribution in [1.29, 1.82) is 5.26 Å². The van der Waals surface area contributed by atoms with E-state index < -0.39 is 0 Å². The summed E-state index contributed by atoms with van der Waals surface area (Å²) in [4.78, 5) is 14.3. The lowest BCUT2D eigenvalue weighted by Crippen LogP contribution is -2.41. The van der Waals surface area contributed by atoms with E-state index in [1.807, 2.05) is 19.9 Å². The smallest absolute Gasteiger partial charge is 0.264 e. The molecule has 1 aliphatic heterocycles. The van der Waals surface area contributed by atoms with Crippen molar-refractivity contribution in [3.05, 3.63) is 58.4 Å². The molecule has 0 spiro atoms. The highest BCUT2D eigenvalue weighted by Crippen LogP contribution is 2.23. The first-order chi connectivity index (χ1) is 13.0. The van der Waals surface area contributed by atoms with Crippen molar-refractivity contribution in [1.82, 2.24) is 9.47 Å². The Bertz CT molecular complexity index is 895. The van der Waals surface area contributed by atoms with E-state index >= 15 is 0 Å². The molecule has 0 atom stereocenters. The average molecular weight is 363 g/mol. The number of aryl methyl sites for hydroxylation is 2. The van der Waals surface area contributed by atoms with Crippen molar-refractivity contribution in [2.75, 3.05) is 26.3 Å². The first kappa shape index (κ1) is 18.9. The van der Waals surface area contributed by atoms with Crippen LogP contribution in [0.4, 0.5) is 0 Å². The zero-order valence-electron chi connectivity index (χ0n) is 16.2. The maximum atomic E-state index is 12.7. The highest BCUT2D eigenvalue weighted by atomic mass is 16.5. The van der Waals surface area contributed by atoms with Gasteiger partial charge in [0.05, 0.1) is 13.2 Å². The summed E-state index contributed by atoms with van der Waals surface area (Å²) in [5, 5.41) is 9.53. The molecule has 27 heavy (non-hydrogen) atoms. The zero-order chi connectivity index (χ0) is 19.4. The number of morpholine rings is 1. The lowest BCUT2D eigenvalue weighted by molar-refractivity contribution is -0.130. The Morgan fingerprint density at radius 3 is 2.48 bits per heavy atom. The van der Waals surface area contributed by atoms with E-state index in [-0.39, 0.29) is 11.5 Å². The summed E-state index contributed by atoms with van der Waals surface area (Å²) < 4.78 is 7.44. The maximum absolute atomic E-state index is 12.7. The van der Waals surface area contributed by atoms with Crippen molar-refractivity contribution in [2.24, 2.45) is 0 Å². The minimum atomic E-state index is -0.224. The van der Waals surface area contributed by atoms with Crippen molar-refractivity contribution in [3.8, 4) is 11.8 Å². The number of nitriles is 1. The number of aromatic nitrogens is 1. The molecule has 2 heterocycles. The molecule has 5 nitrogen and oxygen atoms in total. The molecule has 0 bridgehead atoms. The minimum Gasteiger partial charge on any atom is -0.378 e. The number of amides is 1. The van der Waals surface area contributed by atoms with E-state index in [0.717, 1.165) is 29.1 Å². The van der Waals surface area contributed by atoms with Gasteiger partial charge in [0.1, 0.15) is 11.6 Å². The first-order valence-electron chi connectivity index (χ1n) is 9.32. The van der Waals surface area contributed by atoms with Crippen LogP contribution in [0.3, 0.4) is 0 Å². The van der Waals surface area contributed by atoms with Crippen LogP contribution in [0.15, 0.2) is 35.9 Å². The summed E-state index contributed by atoms with van der Waals surface area (Å²) in [5.74, 6) is -0.224. The van der Waals surface area contributed by atoms with Gasteiger partial charge in [-0.1, -0.05) is 19.1 Å². The molecule has 140 valence electrons. The normalized spacial score (nSPS) is 14.9. The van der Waals surface area contributed by atoms with Crippen LogP contribution in [0.5, 0.6) is 0 Å². The summed E-state index contributed by atoms with van der Waals surface area (Å²) >= 11 is 0. The molecule has 1 saturated heterocycles. The fourth-order valence-corrected chi connectivity index (χ4v) is 3.45. The van der Waals surface area contributed by atoms with Gasteiger partial charge in [-0.25, -0.2) is 0 Å². The number of nitrogens with zero attached hydrogens (tertiary/aromatic N) is 3. The number of benzene rings is 1. The highest BCUT2D eigenvalue weighted by Gasteiger charge is 2.21. The Balaban J connectivity index is 1.93. The summed E-state index contributed by atoms with van der Waals surface area (Å²) in [6.07, 6.45) is 2.71. The molecule has 0 radical (unpaired) electrons. The van der Waals surface area contributed by atoms with Crippen LogP contribution >= 0.6 is 0 Å². The van der Waals surface area contributed by atoms with Gasteiger partial charge in [0, 0.05) is 30.2 Å². The second-order valence-corrected chi connectivity index (χ2v) is 6.76. The standard InChI is InChI=1S/C22H25N3O2/c1-4-18-5-7-21(8-6-18)25-16(2)13-19(17(25)3)14-20(15-23)22(26)24-9-11-27-12-10-24/h5-8,13-14H,4,9-12H2,1-3H3/b20-14-. The largest absolute Gasteiger partial charge is 0.378 e. The van der Waals surface area contributed by atoms with Gasteiger partial charge in [0.25, 0.3) is 5.91 Å². The monoisotopic (exact) mass is 363 g/mol. The van der Waals surface area contributed by atoms with E-state index in [1.54, 1.807) is 11.0 Å². The summed E-state index contributed by atoms with van der Waals surface area (Å²) in [6.45, 7) is 8.29. The third-order valence-corrected chi connectivity index (χ3v) is 5.02. The van der Waals surface area contributed by atoms with Gasteiger partial charge < -0.3 is 14.2 Å². The molecule has 1 aliphatic rings. The molecule has 0 unspecified atom stereocenters. The third-order valence-electron chi connectivity index (χ3n) is 5.02. The Kier molecular flexibility index (Phi) is 5.78. The van der Waals surface area contributed by atoms with E-state index in [1.165, 1.54) is 5.56 Å². The van der Waals surface area contributed by atoms with E-state index in [0.29, 0.717) is 26.3 Å². The lowest BCUT2D eigenvalue weighted by atomic mass is 10.1. The first-order valence-corrected chi connectivity index (χ1v) is 9.32. The van der Waals surface area contributed by atoms with Crippen LogP contribution in [0.2, 0.25) is 0 Å². The van der Waals surface area contributed by atoms with Gasteiger partial charge in [-0.3, -0.25) is 4.79 Å². The second-order valence-electron chi connectivity index (χ2n) is 6.76. The van der Waals surface area contributed by atoms with E-state index in [9.17, 15) is 10.1 Å². The Labute approximate surface area is 160 Å². The number of carbonyl (C=O) groups is 1. The van der Waals surface area contributed by atoms with Crippen molar-refractivity contribution in [3.63, 3.8) is 0 Å². The van der Waals surface area contributed by atoms with Gasteiger partial charge in [0.2, 0.25) is 0 Å². The molecule has 1 amide bonds. The number of ether oxygens (including phenoxy) is 1. The molecule has 1 fully saturated rings. The van der Waals surface area contributed by atoms with Crippen LogP contribution in [-0.4, -0.2) is 41.7 Å². The molecular weight excluding hydrogens is 338 g/mol. The maximum Gasteiger partial charge on any atom is 0.264 e. The molecule has 1 aromatic carbocycles. The van der Waals surface area contributed by atoms with Crippen LogP contribution in [0, 0.1) is 25.2 Å². The Morgan fingerprint density at radius 1 is 1.22 bits per heavy atom. The molecule has 1 aromatic heterocycles. The predicted molar refractivity (Wildman–Crippen MR) is 106 cm³/mol. The van der Waals surface area contributed by atoms with Crippen LogP contribution in [0.25, 0.3) is 11.8 Å². The van der Waals surface area contributed by atoms with Crippen molar-refractivity contribution in [2.45, 2.75) is 27.2 Å². The van der Waals surface area contributed by atoms with Gasteiger partial charge >= 0.3 is 0 Å². The average Bonchev–Trinajstić information content (AvgIpc) is 2.99. The van der Waals surface area contributed by atoms with Crippen molar-refractivity contribution < 1.29 is 9.53 Å². The van der Waals surface area contributed by atoms with Gasteiger partial charge in [-0.2, -0.15) is 5.26 Å². The summed E-state index contributed by atoms with van der Waals surface area (Å²) in [7, 11) is 0. The number of rotatable bonds is 4. The predicted octanol–water partition coefficient (Wildman–Crippen LogP) is 3.42. The molecule has 3 rings (SSSR count). The molecular formula is C22H25N3O2. The van der Waals surface area contributed by atoms with E-state index in [2.05, 4.69) is 41.8 Å². The quantitative estimate of drug-likeness (QED) is 0.618. The minimum absolute atomic E-state index is 0.165. The topological polar surface area (TPSA) is 58.3 Å². The molecule has 0 aliphatic carbocycles. The molecule has 0 N–H and O–H groups in total. The van der Waals surface area contributed by atoms with Crippen LogP contribution in [-0.2, 0) is 16.0 Å². The zero-order valence-corrected chi connectivity index (χ0v) is 16.2. The summed E-state index contributed by atoms with van der Waals surface area (Å²) in [6, 6.07) is 12.6. The van der Waals surface area contributed by atoms with E-state index in [4.69, 9.17) is 4.74 Å².